The normalized spacial score (nSPS) is 17.7. The van der Waals surface area contributed by atoms with Gasteiger partial charge >= 0.3 is 11.9 Å². The highest BCUT2D eigenvalue weighted by atomic mass is 32.2. The molecule has 3 aromatic rings. The number of nitrogens with zero attached hydrogens (tertiary/aromatic N) is 3. The summed E-state index contributed by atoms with van der Waals surface area (Å²) in [4.78, 5) is 50.7. The number of hydrogen-bond acceptors (Lipinski definition) is 9. The van der Waals surface area contributed by atoms with Crippen LogP contribution in [0.5, 0.6) is 0 Å². The predicted molar refractivity (Wildman–Crippen MR) is 114 cm³/mol. The van der Waals surface area contributed by atoms with E-state index in [9.17, 15) is 40.8 Å². The Kier molecular flexibility index (Phi) is 5.61. The number of rotatable bonds is 5. The maximum Gasteiger partial charge on any atom is 0.421 e. The van der Waals surface area contributed by atoms with Crippen LogP contribution in [0.3, 0.4) is 0 Å². The third-order valence-corrected chi connectivity index (χ3v) is 7.36. The number of hydrogen-bond donors (Lipinski definition) is 4. The highest BCUT2D eigenvalue weighted by molar-refractivity contribution is 7.91. The van der Waals surface area contributed by atoms with Gasteiger partial charge in [-0.2, -0.15) is 17.9 Å². The van der Waals surface area contributed by atoms with Crippen molar-refractivity contribution in [1.82, 2.24) is 24.5 Å². The zero-order valence-electron chi connectivity index (χ0n) is 17.1. The molecular weight excluding hydrogens is 519 g/mol. The van der Waals surface area contributed by atoms with Gasteiger partial charge in [0.1, 0.15) is 5.82 Å². The predicted octanol–water partition coefficient (Wildman–Crippen LogP) is 0.0239. The number of halogens is 3. The van der Waals surface area contributed by atoms with E-state index in [2.05, 4.69) is 15.5 Å². The van der Waals surface area contributed by atoms with Gasteiger partial charge in [0, 0.05) is 6.92 Å². The van der Waals surface area contributed by atoms with Gasteiger partial charge in [0.15, 0.2) is 0 Å². The van der Waals surface area contributed by atoms with Gasteiger partial charge in [-0.1, -0.05) is 29.5 Å². The van der Waals surface area contributed by atoms with E-state index in [-0.39, 0.29) is 22.2 Å². The average Bonchev–Trinajstić information content (AvgIpc) is 3.32. The molecule has 0 bridgehead atoms. The second-order valence-electron chi connectivity index (χ2n) is 7.02. The van der Waals surface area contributed by atoms with Crippen LogP contribution in [0.15, 0.2) is 44.3 Å². The van der Waals surface area contributed by atoms with Crippen molar-refractivity contribution < 1.29 is 31.2 Å². The van der Waals surface area contributed by atoms with Crippen molar-refractivity contribution in [3.8, 4) is 5.69 Å². The number of fused-ring (bicyclic) bond motifs is 1. The van der Waals surface area contributed by atoms with Crippen LogP contribution in [0.1, 0.15) is 12.5 Å². The van der Waals surface area contributed by atoms with E-state index in [0.29, 0.717) is 4.57 Å². The van der Waals surface area contributed by atoms with E-state index in [1.165, 1.54) is 29.0 Å². The van der Waals surface area contributed by atoms with Crippen molar-refractivity contribution in [3.05, 3.63) is 56.7 Å². The molecule has 1 atom stereocenters. The second-order valence-corrected chi connectivity index (χ2v) is 9.85. The highest BCUT2D eigenvalue weighted by Crippen LogP contribution is 2.46. The number of alkyl halides is 3. The lowest BCUT2D eigenvalue weighted by Gasteiger charge is -2.29. The summed E-state index contributed by atoms with van der Waals surface area (Å²) in [7, 11) is -5.26. The summed E-state index contributed by atoms with van der Waals surface area (Å²) >= 11 is 0.205. The van der Waals surface area contributed by atoms with E-state index in [1.54, 1.807) is 11.1 Å². The summed E-state index contributed by atoms with van der Waals surface area (Å²) in [5, 5.41) is 10.2. The molecular formula is C17H12F3N7O6S2. The van der Waals surface area contributed by atoms with Crippen molar-refractivity contribution in [2.75, 3.05) is 10.6 Å². The zero-order valence-corrected chi connectivity index (χ0v) is 18.8. The molecule has 0 fully saturated rings. The number of carbonyl (C=O) groups excluding carboxylic acids is 2. The summed E-state index contributed by atoms with van der Waals surface area (Å²) < 4.78 is 69.9. The smallest absolute Gasteiger partial charge is 0.309 e. The standard InChI is InChI=1S/C17H12F3N7O6S2/c1-7(28)21-13-24-25-15(34-13)35(32,33)26-16(17(18,19)20)9-10(22-12(16)30)27(14(31)23-11(9)29)8-5-3-2-4-6-8/h2-6,26H,1H3,(H,22,30)(H,21,24,28)(H,23,29,31)/t16-/m0/s1. The van der Waals surface area contributed by atoms with Gasteiger partial charge < -0.3 is 10.6 Å². The van der Waals surface area contributed by atoms with Gasteiger partial charge in [0.25, 0.3) is 21.5 Å². The molecule has 0 aliphatic carbocycles. The molecule has 0 radical (unpaired) electrons. The number of sulfonamides is 1. The molecule has 4 rings (SSSR count). The lowest BCUT2D eigenvalue weighted by Crippen LogP contribution is -2.61. The number of nitrogens with one attached hydrogen (secondary N) is 4. The third kappa shape index (κ3) is 3.90. The molecule has 3 heterocycles. The monoisotopic (exact) mass is 531 g/mol. The van der Waals surface area contributed by atoms with Gasteiger partial charge in [0.05, 0.1) is 11.3 Å². The van der Waals surface area contributed by atoms with Gasteiger partial charge in [-0.3, -0.25) is 19.4 Å². The van der Waals surface area contributed by atoms with Crippen LogP contribution in [0, 0.1) is 0 Å². The topological polar surface area (TPSA) is 185 Å². The fraction of sp³-hybridized carbons (Fsp3) is 0.176. The Hall–Kier alpha value is -3.90. The van der Waals surface area contributed by atoms with E-state index in [0.717, 1.165) is 6.92 Å². The molecule has 2 aromatic heterocycles. The fourth-order valence-electron chi connectivity index (χ4n) is 3.33. The maximum atomic E-state index is 14.5. The Morgan fingerprint density at radius 2 is 1.80 bits per heavy atom. The summed E-state index contributed by atoms with van der Waals surface area (Å²) in [5.74, 6) is -3.50. The molecule has 4 N–H and O–H groups in total. The Labute approximate surface area is 196 Å². The molecule has 0 unspecified atom stereocenters. The number of amides is 2. The lowest BCUT2D eigenvalue weighted by molar-refractivity contribution is -0.194. The SMILES string of the molecule is CC(=O)Nc1nnc(S(=O)(=O)N[C@]2(C(F)(F)F)C(=O)Nc3c2c(=O)[nH]c(=O)n3-c2ccccc2)s1. The minimum Gasteiger partial charge on any atom is -0.309 e. The summed E-state index contributed by atoms with van der Waals surface area (Å²) in [6.07, 6.45) is -5.70. The van der Waals surface area contributed by atoms with E-state index >= 15 is 0 Å². The van der Waals surface area contributed by atoms with E-state index in [4.69, 9.17) is 0 Å². The van der Waals surface area contributed by atoms with Crippen molar-refractivity contribution in [2.24, 2.45) is 0 Å². The van der Waals surface area contributed by atoms with Crippen LogP contribution in [0.2, 0.25) is 0 Å². The van der Waals surface area contributed by atoms with Gasteiger partial charge in [-0.05, 0) is 12.1 Å². The van der Waals surface area contributed by atoms with E-state index in [1.807, 2.05) is 5.32 Å². The van der Waals surface area contributed by atoms with Gasteiger partial charge in [-0.15, -0.1) is 10.2 Å². The molecule has 1 aliphatic heterocycles. The molecule has 1 aliphatic rings. The minimum atomic E-state index is -5.70. The van der Waals surface area contributed by atoms with Crippen LogP contribution in [-0.2, 0) is 25.2 Å². The first-order valence-corrected chi connectivity index (χ1v) is 11.6. The molecule has 2 amide bonds. The van der Waals surface area contributed by atoms with Crippen LogP contribution in [0.25, 0.3) is 5.69 Å². The third-order valence-electron chi connectivity index (χ3n) is 4.70. The largest absolute Gasteiger partial charge is 0.421 e. The first-order valence-electron chi connectivity index (χ1n) is 9.26. The van der Waals surface area contributed by atoms with Crippen molar-refractivity contribution in [2.45, 2.75) is 23.0 Å². The van der Waals surface area contributed by atoms with E-state index < -0.39 is 60.5 Å². The van der Waals surface area contributed by atoms with Gasteiger partial charge in [-0.25, -0.2) is 17.8 Å². The Morgan fingerprint density at radius 3 is 2.40 bits per heavy atom. The Balaban J connectivity index is 1.95. The number of carbonyl (C=O) groups is 2. The van der Waals surface area contributed by atoms with Crippen molar-refractivity contribution in [1.29, 1.82) is 0 Å². The van der Waals surface area contributed by atoms with Crippen molar-refractivity contribution >= 4 is 44.1 Å². The summed E-state index contributed by atoms with van der Waals surface area (Å²) in [6.45, 7) is 1.07. The summed E-state index contributed by atoms with van der Waals surface area (Å²) in [6, 6.07) is 7.06. The lowest BCUT2D eigenvalue weighted by atomic mass is 9.93. The molecule has 1 aromatic carbocycles. The first kappa shape index (κ1) is 24.2. The fourth-order valence-corrected chi connectivity index (χ4v) is 5.60. The highest BCUT2D eigenvalue weighted by Gasteiger charge is 2.69. The average molecular weight is 531 g/mol. The number of benzene rings is 1. The first-order chi connectivity index (χ1) is 16.3. The Bertz CT molecular complexity index is 1580. The molecule has 184 valence electrons. The maximum absolute atomic E-state index is 14.5. The van der Waals surface area contributed by atoms with Crippen LogP contribution < -0.4 is 26.6 Å². The van der Waals surface area contributed by atoms with Crippen LogP contribution in [0.4, 0.5) is 24.1 Å². The molecule has 0 saturated carbocycles. The molecule has 13 nitrogen and oxygen atoms in total. The number of aromatic nitrogens is 4. The molecule has 0 spiro atoms. The number of para-hydroxylation sites is 1. The summed E-state index contributed by atoms with van der Waals surface area (Å²) in [5.41, 5.74) is -8.36. The molecule has 18 heteroatoms. The quantitative estimate of drug-likeness (QED) is 0.332. The number of anilines is 2. The number of aromatic amines is 1. The van der Waals surface area contributed by atoms with Crippen molar-refractivity contribution in [3.63, 3.8) is 0 Å². The van der Waals surface area contributed by atoms with Crippen LogP contribution >= 0.6 is 11.3 Å². The minimum absolute atomic E-state index is 0.0183. The Morgan fingerprint density at radius 1 is 1.14 bits per heavy atom. The molecule has 35 heavy (non-hydrogen) atoms. The van der Waals surface area contributed by atoms with Gasteiger partial charge in [0.2, 0.25) is 20.9 Å². The molecule has 0 saturated heterocycles. The second kappa shape index (κ2) is 8.10. The van der Waals surface area contributed by atoms with Crippen LogP contribution in [-0.4, -0.2) is 46.2 Å². The zero-order chi connectivity index (χ0) is 25.8. The number of H-pyrrole nitrogens is 1.